The van der Waals surface area contributed by atoms with Crippen molar-refractivity contribution < 1.29 is 4.74 Å². The average Bonchev–Trinajstić information content (AvgIpc) is 3.44. The number of nitrogens with zero attached hydrogens (tertiary/aromatic N) is 7. The minimum Gasteiger partial charge on any atom is -0.494 e. The second-order valence-corrected chi connectivity index (χ2v) is 6.25. The molecule has 0 N–H and O–H groups in total. The Morgan fingerprint density at radius 3 is 2.75 bits per heavy atom. The number of rotatable bonds is 2. The minimum atomic E-state index is 0.700. The summed E-state index contributed by atoms with van der Waals surface area (Å²) in [5.74, 6) is 7.05. The van der Waals surface area contributed by atoms with Gasteiger partial charge in [0.05, 0.1) is 37.5 Å². The van der Waals surface area contributed by atoms with Crippen molar-refractivity contribution in [1.29, 1.82) is 0 Å². The summed E-state index contributed by atoms with van der Waals surface area (Å²) in [6.45, 7) is 0. The van der Waals surface area contributed by atoms with Gasteiger partial charge in [-0.2, -0.15) is 10.2 Å². The number of hydrogen-bond acceptors (Lipinski definition) is 5. The van der Waals surface area contributed by atoms with Gasteiger partial charge in [0, 0.05) is 43.0 Å². The van der Waals surface area contributed by atoms with Crippen LogP contribution in [-0.2, 0) is 7.05 Å². The Morgan fingerprint density at radius 1 is 1.00 bits per heavy atom. The van der Waals surface area contributed by atoms with Crippen molar-refractivity contribution in [3.05, 3.63) is 66.9 Å². The fourth-order valence-corrected chi connectivity index (χ4v) is 3.13. The van der Waals surface area contributed by atoms with Gasteiger partial charge in [-0.3, -0.25) is 14.1 Å². The first-order valence-electron chi connectivity index (χ1n) is 8.56. The first kappa shape index (κ1) is 16.1. The molecular weight excluding hydrogens is 354 g/mol. The molecule has 0 atom stereocenters. The molecule has 0 aliphatic carbocycles. The van der Waals surface area contributed by atoms with Crippen LogP contribution < -0.4 is 4.74 Å². The molecular formula is C20H15N7O. The summed E-state index contributed by atoms with van der Waals surface area (Å²) in [5, 5.41) is 8.68. The second-order valence-electron chi connectivity index (χ2n) is 6.25. The van der Waals surface area contributed by atoms with Crippen LogP contribution in [0.15, 0.2) is 55.6 Å². The Hall–Kier alpha value is -4.12. The number of aryl methyl sites for hydroxylation is 1. The fourth-order valence-electron chi connectivity index (χ4n) is 3.13. The van der Waals surface area contributed by atoms with Crippen LogP contribution in [0.5, 0.6) is 5.75 Å². The molecule has 8 nitrogen and oxygen atoms in total. The normalized spacial score (nSPS) is 10.9. The van der Waals surface area contributed by atoms with E-state index in [1.165, 1.54) is 0 Å². The van der Waals surface area contributed by atoms with Crippen molar-refractivity contribution in [2.45, 2.75) is 0 Å². The van der Waals surface area contributed by atoms with Crippen molar-refractivity contribution in [3.8, 4) is 28.7 Å². The predicted molar refractivity (Wildman–Crippen MR) is 103 cm³/mol. The molecule has 0 saturated heterocycles. The van der Waals surface area contributed by atoms with Gasteiger partial charge in [-0.05, 0) is 12.0 Å². The van der Waals surface area contributed by atoms with Crippen molar-refractivity contribution >= 4 is 11.2 Å². The molecule has 0 aliphatic rings. The van der Waals surface area contributed by atoms with Gasteiger partial charge in [0.25, 0.3) is 0 Å². The van der Waals surface area contributed by atoms with E-state index in [0.717, 1.165) is 33.5 Å². The lowest BCUT2D eigenvalue weighted by Crippen LogP contribution is -1.94. The Morgan fingerprint density at radius 2 is 1.93 bits per heavy atom. The van der Waals surface area contributed by atoms with Crippen LogP contribution >= 0.6 is 0 Å². The van der Waals surface area contributed by atoms with E-state index in [-0.39, 0.29) is 0 Å². The number of methoxy groups -OCH3 is 1. The standard InChI is InChI=1S/C20H15N7O/c1-25-12-16(9-23-25)15-7-18(28-2)20-14(8-24-27(20)13-15)3-4-17-10-22-19-11-21-5-6-26(17)19/h5-13H,1-2H3. The first-order valence-corrected chi connectivity index (χ1v) is 8.56. The van der Waals surface area contributed by atoms with Crippen LogP contribution in [0, 0.1) is 11.8 Å². The average molecular weight is 369 g/mol. The summed E-state index contributed by atoms with van der Waals surface area (Å²) in [5.41, 5.74) is 5.09. The third kappa shape index (κ3) is 2.57. The second kappa shape index (κ2) is 6.25. The highest BCUT2D eigenvalue weighted by molar-refractivity contribution is 5.75. The van der Waals surface area contributed by atoms with Crippen LogP contribution in [0.1, 0.15) is 11.3 Å². The zero-order valence-electron chi connectivity index (χ0n) is 15.2. The molecule has 0 saturated carbocycles. The summed E-state index contributed by atoms with van der Waals surface area (Å²) in [7, 11) is 3.53. The Balaban J connectivity index is 1.62. The smallest absolute Gasteiger partial charge is 0.156 e. The number of ether oxygens (including phenoxy) is 1. The van der Waals surface area contributed by atoms with Crippen LogP contribution in [-0.4, -0.2) is 40.9 Å². The molecule has 136 valence electrons. The largest absolute Gasteiger partial charge is 0.494 e. The zero-order valence-corrected chi connectivity index (χ0v) is 15.2. The van der Waals surface area contributed by atoms with Crippen LogP contribution in [0.3, 0.4) is 0 Å². The van der Waals surface area contributed by atoms with E-state index in [0.29, 0.717) is 5.75 Å². The summed E-state index contributed by atoms with van der Waals surface area (Å²) in [6, 6.07) is 1.97. The van der Waals surface area contributed by atoms with Gasteiger partial charge in [0.1, 0.15) is 17.0 Å². The highest BCUT2D eigenvalue weighted by atomic mass is 16.5. The van der Waals surface area contributed by atoms with E-state index in [2.05, 4.69) is 32.0 Å². The quantitative estimate of drug-likeness (QED) is 0.446. The third-order valence-corrected chi connectivity index (χ3v) is 4.48. The predicted octanol–water partition coefficient (Wildman–Crippen LogP) is 2.19. The van der Waals surface area contributed by atoms with Crippen molar-refractivity contribution in [2.24, 2.45) is 7.05 Å². The van der Waals surface area contributed by atoms with E-state index in [9.17, 15) is 0 Å². The fraction of sp³-hybridized carbons (Fsp3) is 0.100. The highest BCUT2D eigenvalue weighted by Crippen LogP contribution is 2.29. The van der Waals surface area contributed by atoms with E-state index < -0.39 is 0 Å². The third-order valence-electron chi connectivity index (χ3n) is 4.48. The maximum absolute atomic E-state index is 5.62. The van der Waals surface area contributed by atoms with Gasteiger partial charge in [-0.1, -0.05) is 5.92 Å². The van der Waals surface area contributed by atoms with E-state index in [4.69, 9.17) is 4.74 Å². The number of hydrogen-bond donors (Lipinski definition) is 0. The summed E-state index contributed by atoms with van der Waals surface area (Å²) >= 11 is 0. The van der Waals surface area contributed by atoms with E-state index >= 15 is 0 Å². The van der Waals surface area contributed by atoms with Crippen molar-refractivity contribution in [2.75, 3.05) is 7.11 Å². The molecule has 0 unspecified atom stereocenters. The van der Waals surface area contributed by atoms with Crippen LogP contribution in [0.25, 0.3) is 22.3 Å². The molecule has 0 aromatic carbocycles. The summed E-state index contributed by atoms with van der Waals surface area (Å²) < 4.78 is 11.1. The molecule has 0 spiro atoms. The van der Waals surface area contributed by atoms with E-state index in [1.54, 1.807) is 41.1 Å². The molecule has 5 aromatic heterocycles. The molecule has 28 heavy (non-hydrogen) atoms. The number of fused-ring (bicyclic) bond motifs is 2. The van der Waals surface area contributed by atoms with Crippen LogP contribution in [0.2, 0.25) is 0 Å². The van der Waals surface area contributed by atoms with Gasteiger partial charge in [-0.15, -0.1) is 0 Å². The van der Waals surface area contributed by atoms with Crippen molar-refractivity contribution in [1.82, 2.24) is 33.8 Å². The molecule has 0 radical (unpaired) electrons. The Bertz CT molecular complexity index is 1380. The van der Waals surface area contributed by atoms with Crippen LogP contribution in [0.4, 0.5) is 0 Å². The molecule has 0 bridgehead atoms. The lowest BCUT2D eigenvalue weighted by atomic mass is 10.1. The lowest BCUT2D eigenvalue weighted by molar-refractivity contribution is 0.417. The Kier molecular flexibility index (Phi) is 3.59. The molecule has 0 amide bonds. The maximum atomic E-state index is 5.62. The molecule has 8 heteroatoms. The molecule has 0 fully saturated rings. The molecule has 5 heterocycles. The summed E-state index contributed by atoms with van der Waals surface area (Å²) in [6.07, 6.45) is 14.4. The molecule has 5 aromatic rings. The SMILES string of the molecule is COc1cc(-c2cnn(C)c2)cn2ncc(C#Cc3cnc4cnccn34)c12. The van der Waals surface area contributed by atoms with Gasteiger partial charge in [0.2, 0.25) is 0 Å². The monoisotopic (exact) mass is 369 g/mol. The lowest BCUT2D eigenvalue weighted by Gasteiger charge is -2.06. The Labute approximate surface area is 160 Å². The number of pyridine rings is 1. The molecule has 5 rings (SSSR count). The first-order chi connectivity index (χ1) is 13.7. The summed E-state index contributed by atoms with van der Waals surface area (Å²) in [4.78, 5) is 8.37. The number of imidazole rings is 1. The maximum Gasteiger partial charge on any atom is 0.156 e. The highest BCUT2D eigenvalue weighted by Gasteiger charge is 2.12. The zero-order chi connectivity index (χ0) is 19.1. The minimum absolute atomic E-state index is 0.700. The topological polar surface area (TPSA) is 74.5 Å². The number of aromatic nitrogens is 7. The van der Waals surface area contributed by atoms with Gasteiger partial charge in [0.15, 0.2) is 5.65 Å². The van der Waals surface area contributed by atoms with E-state index in [1.807, 2.05) is 42.3 Å². The van der Waals surface area contributed by atoms with Gasteiger partial charge >= 0.3 is 0 Å². The van der Waals surface area contributed by atoms with Gasteiger partial charge in [-0.25, -0.2) is 9.50 Å². The van der Waals surface area contributed by atoms with Gasteiger partial charge < -0.3 is 4.74 Å². The molecule has 0 aliphatic heterocycles. The van der Waals surface area contributed by atoms with Crippen molar-refractivity contribution in [3.63, 3.8) is 0 Å².